The van der Waals surface area contributed by atoms with Crippen LogP contribution < -0.4 is 5.73 Å². The number of halogens is 1. The predicted octanol–water partition coefficient (Wildman–Crippen LogP) is 3.81. The molecule has 0 atom stereocenters. The van der Waals surface area contributed by atoms with Gasteiger partial charge < -0.3 is 5.73 Å². The molecule has 2 rings (SSSR count). The first-order chi connectivity index (χ1) is 7.10. The summed E-state index contributed by atoms with van der Waals surface area (Å²) < 4.78 is 1.13. The molecule has 2 heteroatoms. The van der Waals surface area contributed by atoms with Crippen LogP contribution in [0.2, 0.25) is 0 Å². The highest BCUT2D eigenvalue weighted by molar-refractivity contribution is 9.10. The lowest BCUT2D eigenvalue weighted by molar-refractivity contribution is 0.248. The van der Waals surface area contributed by atoms with E-state index in [1.807, 2.05) is 0 Å². The number of nitrogens with two attached hydrogens (primary N) is 1. The Morgan fingerprint density at radius 3 is 2.60 bits per heavy atom. The zero-order valence-electron chi connectivity index (χ0n) is 9.17. The second kappa shape index (κ2) is 4.26. The first-order valence-corrected chi connectivity index (χ1v) is 6.44. The molecule has 0 aliphatic heterocycles. The van der Waals surface area contributed by atoms with E-state index < -0.39 is 0 Å². The van der Waals surface area contributed by atoms with Gasteiger partial charge in [-0.1, -0.05) is 35.0 Å². The summed E-state index contributed by atoms with van der Waals surface area (Å²) in [6, 6.07) is 8.45. The fraction of sp³-hybridized carbons (Fsp3) is 0.538. The Hall–Kier alpha value is -0.340. The Morgan fingerprint density at radius 2 is 2.00 bits per heavy atom. The van der Waals surface area contributed by atoms with Crippen LogP contribution in [0.4, 0.5) is 0 Å². The molecular formula is C13H18BrN. The van der Waals surface area contributed by atoms with Crippen molar-refractivity contribution in [2.75, 3.05) is 0 Å². The standard InChI is InChI=1S/C13H18BrN/c1-10-5-7-13(15,8-6-10)11-3-2-4-12(14)9-11/h2-4,9-10H,5-8,15H2,1H3. The molecule has 1 aliphatic rings. The van der Waals surface area contributed by atoms with Crippen LogP contribution in [-0.2, 0) is 5.54 Å². The van der Waals surface area contributed by atoms with Crippen molar-refractivity contribution in [3.63, 3.8) is 0 Å². The minimum atomic E-state index is -0.0870. The SMILES string of the molecule is CC1CCC(N)(c2cccc(Br)c2)CC1. The van der Waals surface area contributed by atoms with Gasteiger partial charge in [0.1, 0.15) is 0 Å². The van der Waals surface area contributed by atoms with Crippen molar-refractivity contribution < 1.29 is 0 Å². The van der Waals surface area contributed by atoms with E-state index in [9.17, 15) is 0 Å². The van der Waals surface area contributed by atoms with Gasteiger partial charge in [-0.3, -0.25) is 0 Å². The summed E-state index contributed by atoms with van der Waals surface area (Å²) in [5, 5.41) is 0. The second-order valence-electron chi connectivity index (χ2n) is 4.85. The third kappa shape index (κ3) is 2.43. The molecule has 82 valence electrons. The van der Waals surface area contributed by atoms with Crippen LogP contribution in [0, 0.1) is 5.92 Å². The molecule has 1 saturated carbocycles. The van der Waals surface area contributed by atoms with Crippen LogP contribution in [-0.4, -0.2) is 0 Å². The number of hydrogen-bond donors (Lipinski definition) is 1. The molecule has 1 aromatic rings. The molecule has 0 radical (unpaired) electrons. The van der Waals surface area contributed by atoms with Gasteiger partial charge in [0.25, 0.3) is 0 Å². The summed E-state index contributed by atoms with van der Waals surface area (Å²) in [5.41, 5.74) is 7.68. The highest BCUT2D eigenvalue weighted by Crippen LogP contribution is 2.37. The summed E-state index contributed by atoms with van der Waals surface area (Å²) in [6.07, 6.45) is 4.74. The maximum Gasteiger partial charge on any atom is 0.0410 e. The van der Waals surface area contributed by atoms with Gasteiger partial charge in [0.05, 0.1) is 0 Å². The van der Waals surface area contributed by atoms with Crippen molar-refractivity contribution in [2.45, 2.75) is 38.1 Å². The Bertz CT molecular complexity index is 340. The summed E-state index contributed by atoms with van der Waals surface area (Å²) in [4.78, 5) is 0. The minimum Gasteiger partial charge on any atom is -0.321 e. The van der Waals surface area contributed by atoms with Crippen molar-refractivity contribution >= 4 is 15.9 Å². The van der Waals surface area contributed by atoms with Crippen LogP contribution in [0.1, 0.15) is 38.2 Å². The van der Waals surface area contributed by atoms with Crippen molar-refractivity contribution in [1.82, 2.24) is 0 Å². The average molecular weight is 268 g/mol. The number of hydrogen-bond acceptors (Lipinski definition) is 1. The summed E-state index contributed by atoms with van der Waals surface area (Å²) in [7, 11) is 0. The summed E-state index contributed by atoms with van der Waals surface area (Å²) in [6.45, 7) is 2.32. The van der Waals surface area contributed by atoms with Crippen LogP contribution in [0.3, 0.4) is 0 Å². The Balaban J connectivity index is 2.22. The Labute approximate surface area is 100 Å². The van der Waals surface area contributed by atoms with E-state index in [0.717, 1.165) is 23.2 Å². The molecule has 0 aromatic heterocycles. The van der Waals surface area contributed by atoms with Gasteiger partial charge in [-0.25, -0.2) is 0 Å². The van der Waals surface area contributed by atoms with E-state index in [2.05, 4.69) is 47.1 Å². The molecule has 15 heavy (non-hydrogen) atoms. The van der Waals surface area contributed by atoms with Crippen molar-refractivity contribution in [3.05, 3.63) is 34.3 Å². The third-order valence-corrected chi connectivity index (χ3v) is 4.06. The number of benzene rings is 1. The molecule has 0 amide bonds. The molecule has 2 N–H and O–H groups in total. The molecular weight excluding hydrogens is 250 g/mol. The predicted molar refractivity (Wildman–Crippen MR) is 67.6 cm³/mol. The fourth-order valence-electron chi connectivity index (χ4n) is 2.36. The summed E-state index contributed by atoms with van der Waals surface area (Å²) >= 11 is 3.51. The van der Waals surface area contributed by atoms with Gasteiger partial charge in [-0.05, 0) is 49.3 Å². The maximum absolute atomic E-state index is 6.49. The quantitative estimate of drug-likeness (QED) is 0.823. The average Bonchev–Trinajstić information content (AvgIpc) is 2.23. The zero-order valence-corrected chi connectivity index (χ0v) is 10.8. The molecule has 1 aliphatic carbocycles. The van der Waals surface area contributed by atoms with Crippen molar-refractivity contribution in [1.29, 1.82) is 0 Å². The first-order valence-electron chi connectivity index (χ1n) is 5.65. The Morgan fingerprint density at radius 1 is 1.33 bits per heavy atom. The lowest BCUT2D eigenvalue weighted by Gasteiger charge is -2.36. The van der Waals surface area contributed by atoms with E-state index >= 15 is 0 Å². The summed E-state index contributed by atoms with van der Waals surface area (Å²) in [5.74, 6) is 0.842. The molecule has 0 saturated heterocycles. The lowest BCUT2D eigenvalue weighted by Crippen LogP contribution is -2.40. The fourth-order valence-corrected chi connectivity index (χ4v) is 2.76. The van der Waals surface area contributed by atoms with Gasteiger partial charge in [0.15, 0.2) is 0 Å². The van der Waals surface area contributed by atoms with Crippen LogP contribution in [0.15, 0.2) is 28.7 Å². The highest BCUT2D eigenvalue weighted by atomic mass is 79.9. The molecule has 1 aromatic carbocycles. The topological polar surface area (TPSA) is 26.0 Å². The van der Waals surface area contributed by atoms with Crippen LogP contribution in [0.25, 0.3) is 0 Å². The maximum atomic E-state index is 6.49. The first kappa shape index (κ1) is 11.2. The molecule has 1 fully saturated rings. The van der Waals surface area contributed by atoms with Gasteiger partial charge in [-0.15, -0.1) is 0 Å². The highest BCUT2D eigenvalue weighted by Gasteiger charge is 2.31. The van der Waals surface area contributed by atoms with Gasteiger partial charge in [-0.2, -0.15) is 0 Å². The molecule has 0 heterocycles. The molecule has 0 spiro atoms. The minimum absolute atomic E-state index is 0.0870. The monoisotopic (exact) mass is 267 g/mol. The lowest BCUT2D eigenvalue weighted by atomic mass is 9.74. The van der Waals surface area contributed by atoms with E-state index in [-0.39, 0.29) is 5.54 Å². The normalized spacial score (nSPS) is 31.5. The van der Waals surface area contributed by atoms with E-state index in [1.165, 1.54) is 18.4 Å². The Kier molecular flexibility index (Phi) is 3.17. The smallest absolute Gasteiger partial charge is 0.0410 e. The van der Waals surface area contributed by atoms with E-state index in [0.29, 0.717) is 0 Å². The van der Waals surface area contributed by atoms with Crippen molar-refractivity contribution in [2.24, 2.45) is 11.7 Å². The van der Waals surface area contributed by atoms with Crippen LogP contribution >= 0.6 is 15.9 Å². The van der Waals surface area contributed by atoms with Crippen LogP contribution in [0.5, 0.6) is 0 Å². The largest absolute Gasteiger partial charge is 0.321 e. The molecule has 0 unspecified atom stereocenters. The van der Waals surface area contributed by atoms with E-state index in [1.54, 1.807) is 0 Å². The van der Waals surface area contributed by atoms with Gasteiger partial charge in [0.2, 0.25) is 0 Å². The van der Waals surface area contributed by atoms with E-state index in [4.69, 9.17) is 5.73 Å². The molecule has 1 nitrogen and oxygen atoms in total. The van der Waals surface area contributed by atoms with Gasteiger partial charge in [0, 0.05) is 10.0 Å². The third-order valence-electron chi connectivity index (χ3n) is 3.57. The van der Waals surface area contributed by atoms with Gasteiger partial charge >= 0.3 is 0 Å². The van der Waals surface area contributed by atoms with Crippen molar-refractivity contribution in [3.8, 4) is 0 Å². The second-order valence-corrected chi connectivity index (χ2v) is 5.76. The number of rotatable bonds is 1. The zero-order chi connectivity index (χ0) is 10.9. The molecule has 0 bridgehead atoms.